The first-order valence-electron chi connectivity index (χ1n) is 6.91. The first kappa shape index (κ1) is 16.8. The first-order valence-corrected chi connectivity index (χ1v) is 6.91. The van der Waals surface area contributed by atoms with Crippen LogP contribution >= 0.6 is 0 Å². The molecule has 0 spiro atoms. The predicted octanol–water partition coefficient (Wildman–Crippen LogP) is 1.75. The first-order chi connectivity index (χ1) is 9.97. The van der Waals surface area contributed by atoms with Gasteiger partial charge in [0.25, 0.3) is 0 Å². The minimum Gasteiger partial charge on any atom is -0.490 e. The zero-order valence-corrected chi connectivity index (χ0v) is 12.9. The summed E-state index contributed by atoms with van der Waals surface area (Å²) in [5, 5.41) is 5.36. The van der Waals surface area contributed by atoms with E-state index in [1.54, 1.807) is 18.2 Å². The van der Waals surface area contributed by atoms with E-state index < -0.39 is 6.17 Å². The van der Waals surface area contributed by atoms with Crippen molar-refractivity contribution in [1.29, 1.82) is 0 Å². The second-order valence-electron chi connectivity index (χ2n) is 4.41. The number of hydrogen-bond acceptors (Lipinski definition) is 4. The van der Waals surface area contributed by atoms with Crippen LogP contribution in [-0.2, 0) is 9.59 Å². The summed E-state index contributed by atoms with van der Waals surface area (Å²) in [5.41, 5.74) is 0.715. The minimum atomic E-state index is -0.602. The predicted molar refractivity (Wildman–Crippen MR) is 79.2 cm³/mol. The largest absolute Gasteiger partial charge is 0.490 e. The fourth-order valence-corrected chi connectivity index (χ4v) is 1.86. The molecule has 0 fully saturated rings. The van der Waals surface area contributed by atoms with Crippen LogP contribution < -0.4 is 20.1 Å². The van der Waals surface area contributed by atoms with Crippen molar-refractivity contribution in [2.45, 2.75) is 33.9 Å². The number of hydrogen-bond donors (Lipinski definition) is 2. The highest BCUT2D eigenvalue weighted by Gasteiger charge is 2.16. The van der Waals surface area contributed by atoms with E-state index >= 15 is 0 Å². The van der Waals surface area contributed by atoms with Gasteiger partial charge in [-0.3, -0.25) is 9.59 Å². The van der Waals surface area contributed by atoms with Crippen LogP contribution in [0.4, 0.5) is 0 Å². The van der Waals surface area contributed by atoms with E-state index in [0.29, 0.717) is 30.3 Å². The lowest BCUT2D eigenvalue weighted by Crippen LogP contribution is -2.39. The molecule has 1 rings (SSSR count). The molecule has 21 heavy (non-hydrogen) atoms. The van der Waals surface area contributed by atoms with Gasteiger partial charge < -0.3 is 20.1 Å². The van der Waals surface area contributed by atoms with Gasteiger partial charge in [-0.15, -0.1) is 0 Å². The maximum atomic E-state index is 11.3. The molecule has 0 saturated carbocycles. The van der Waals surface area contributed by atoms with Crippen molar-refractivity contribution in [3.05, 3.63) is 23.8 Å². The molecule has 0 radical (unpaired) electrons. The van der Waals surface area contributed by atoms with Gasteiger partial charge in [0.15, 0.2) is 11.5 Å². The normalized spacial score (nSPS) is 10.1. The van der Waals surface area contributed by atoms with Crippen molar-refractivity contribution < 1.29 is 19.1 Å². The van der Waals surface area contributed by atoms with Crippen LogP contribution in [0.15, 0.2) is 18.2 Å². The van der Waals surface area contributed by atoms with Gasteiger partial charge in [-0.1, -0.05) is 6.07 Å². The Labute approximate surface area is 124 Å². The smallest absolute Gasteiger partial charge is 0.218 e. The van der Waals surface area contributed by atoms with Gasteiger partial charge in [-0.2, -0.15) is 0 Å². The molecule has 0 saturated heterocycles. The monoisotopic (exact) mass is 294 g/mol. The van der Waals surface area contributed by atoms with Crippen molar-refractivity contribution >= 4 is 11.8 Å². The molecule has 0 atom stereocenters. The van der Waals surface area contributed by atoms with E-state index in [4.69, 9.17) is 9.47 Å². The van der Waals surface area contributed by atoms with Crippen LogP contribution in [0.2, 0.25) is 0 Å². The molecule has 0 unspecified atom stereocenters. The summed E-state index contributed by atoms with van der Waals surface area (Å²) in [5.74, 6) is 0.742. The molecule has 0 aliphatic carbocycles. The fourth-order valence-electron chi connectivity index (χ4n) is 1.86. The lowest BCUT2D eigenvalue weighted by molar-refractivity contribution is -0.122. The number of carbonyl (C=O) groups is 2. The van der Waals surface area contributed by atoms with Gasteiger partial charge in [0.1, 0.15) is 6.17 Å². The third-order valence-corrected chi connectivity index (χ3v) is 2.60. The van der Waals surface area contributed by atoms with Gasteiger partial charge in [-0.25, -0.2) is 0 Å². The second-order valence-corrected chi connectivity index (χ2v) is 4.41. The highest BCUT2D eigenvalue weighted by molar-refractivity contribution is 5.76. The van der Waals surface area contributed by atoms with Gasteiger partial charge in [0.2, 0.25) is 11.8 Å². The number of ether oxygens (including phenoxy) is 2. The summed E-state index contributed by atoms with van der Waals surface area (Å²) >= 11 is 0. The lowest BCUT2D eigenvalue weighted by Gasteiger charge is -2.20. The van der Waals surface area contributed by atoms with Crippen LogP contribution in [0.3, 0.4) is 0 Å². The standard InChI is InChI=1S/C15H22N2O4/c1-5-20-13-8-7-12(9-14(13)21-6-2)15(16-10(3)18)17-11(4)19/h7-9,15H,5-6H2,1-4H3,(H,16,18)(H,17,19). The molecule has 0 heterocycles. The van der Waals surface area contributed by atoms with Crippen molar-refractivity contribution in [3.63, 3.8) is 0 Å². The van der Waals surface area contributed by atoms with Crippen molar-refractivity contribution in [2.75, 3.05) is 13.2 Å². The molecule has 6 heteroatoms. The third kappa shape index (κ3) is 5.33. The summed E-state index contributed by atoms with van der Waals surface area (Å²) in [4.78, 5) is 22.5. The Hall–Kier alpha value is -2.24. The Balaban J connectivity index is 3.09. The summed E-state index contributed by atoms with van der Waals surface area (Å²) < 4.78 is 11.0. The van der Waals surface area contributed by atoms with E-state index in [1.807, 2.05) is 13.8 Å². The Morgan fingerprint density at radius 1 is 1.00 bits per heavy atom. The molecule has 1 aromatic carbocycles. The number of carbonyl (C=O) groups excluding carboxylic acids is 2. The zero-order valence-electron chi connectivity index (χ0n) is 12.9. The van der Waals surface area contributed by atoms with Gasteiger partial charge in [-0.05, 0) is 31.5 Å². The van der Waals surface area contributed by atoms with Crippen LogP contribution in [0.1, 0.15) is 39.4 Å². The SMILES string of the molecule is CCOc1ccc(C(NC(C)=O)NC(C)=O)cc1OCC. The Morgan fingerprint density at radius 2 is 1.52 bits per heavy atom. The molecule has 0 aliphatic rings. The van der Waals surface area contributed by atoms with Crippen molar-refractivity contribution in [3.8, 4) is 11.5 Å². The summed E-state index contributed by atoms with van der Waals surface area (Å²) in [6.07, 6.45) is -0.602. The van der Waals surface area contributed by atoms with Crippen LogP contribution in [-0.4, -0.2) is 25.0 Å². The molecular weight excluding hydrogens is 272 g/mol. The maximum Gasteiger partial charge on any atom is 0.218 e. The average molecular weight is 294 g/mol. The number of amides is 2. The topological polar surface area (TPSA) is 76.7 Å². The van der Waals surface area contributed by atoms with Crippen molar-refractivity contribution in [1.82, 2.24) is 10.6 Å². The minimum absolute atomic E-state index is 0.236. The quantitative estimate of drug-likeness (QED) is 0.751. The summed E-state index contributed by atoms with van der Waals surface area (Å²) in [6.45, 7) is 7.58. The molecule has 0 bridgehead atoms. The van der Waals surface area contributed by atoms with E-state index in [0.717, 1.165) is 0 Å². The molecule has 1 aromatic rings. The highest BCUT2D eigenvalue weighted by Crippen LogP contribution is 2.30. The van der Waals surface area contributed by atoms with E-state index in [9.17, 15) is 9.59 Å². The zero-order chi connectivity index (χ0) is 15.8. The van der Waals surface area contributed by atoms with E-state index in [2.05, 4.69) is 10.6 Å². The van der Waals surface area contributed by atoms with E-state index in [-0.39, 0.29) is 11.8 Å². The van der Waals surface area contributed by atoms with Crippen LogP contribution in [0, 0.1) is 0 Å². The van der Waals surface area contributed by atoms with E-state index in [1.165, 1.54) is 13.8 Å². The molecular formula is C15H22N2O4. The number of benzene rings is 1. The Kier molecular flexibility index (Phi) is 6.52. The molecule has 0 aromatic heterocycles. The summed E-state index contributed by atoms with van der Waals surface area (Å²) in [7, 11) is 0. The lowest BCUT2D eigenvalue weighted by atomic mass is 10.1. The van der Waals surface area contributed by atoms with Gasteiger partial charge >= 0.3 is 0 Å². The molecule has 6 nitrogen and oxygen atoms in total. The molecule has 0 aliphatic heterocycles. The maximum absolute atomic E-state index is 11.3. The second kappa shape index (κ2) is 8.14. The number of nitrogens with one attached hydrogen (secondary N) is 2. The average Bonchev–Trinajstić information content (AvgIpc) is 2.39. The number of rotatable bonds is 7. The van der Waals surface area contributed by atoms with Crippen LogP contribution in [0.5, 0.6) is 11.5 Å². The van der Waals surface area contributed by atoms with Gasteiger partial charge in [0, 0.05) is 13.8 Å². The van der Waals surface area contributed by atoms with Gasteiger partial charge in [0.05, 0.1) is 13.2 Å². The Morgan fingerprint density at radius 3 is 2.00 bits per heavy atom. The third-order valence-electron chi connectivity index (χ3n) is 2.60. The molecule has 2 amide bonds. The summed E-state index contributed by atoms with van der Waals surface area (Å²) in [6, 6.07) is 5.30. The Bertz CT molecular complexity index is 486. The fraction of sp³-hybridized carbons (Fsp3) is 0.467. The molecule has 2 N–H and O–H groups in total. The highest BCUT2D eigenvalue weighted by atomic mass is 16.5. The molecule has 116 valence electrons. The van der Waals surface area contributed by atoms with Crippen LogP contribution in [0.25, 0.3) is 0 Å². The van der Waals surface area contributed by atoms with Crippen molar-refractivity contribution in [2.24, 2.45) is 0 Å².